The van der Waals surface area contributed by atoms with Crippen LogP contribution in [0.1, 0.15) is 18.4 Å². The zero-order chi connectivity index (χ0) is 17.0. The zero-order valence-corrected chi connectivity index (χ0v) is 13.8. The molecule has 2 heterocycles. The molecule has 1 spiro atoms. The van der Waals surface area contributed by atoms with E-state index in [-0.39, 0.29) is 24.5 Å². The van der Waals surface area contributed by atoms with Crippen molar-refractivity contribution < 1.29 is 24.5 Å². The molecule has 0 saturated carbocycles. The number of carboxylic acid groups (broad SMARTS) is 1. The van der Waals surface area contributed by atoms with Crippen LogP contribution in [0.5, 0.6) is 5.75 Å². The van der Waals surface area contributed by atoms with Gasteiger partial charge >= 0.3 is 5.97 Å². The Morgan fingerprint density at radius 3 is 2.88 bits per heavy atom. The Hall–Kier alpha value is -1.63. The van der Waals surface area contributed by atoms with Gasteiger partial charge in [0.25, 0.3) is 0 Å². The maximum Gasteiger partial charge on any atom is 0.308 e. The number of ether oxygens (including phenoxy) is 2. The van der Waals surface area contributed by atoms with Crippen molar-refractivity contribution in [2.24, 2.45) is 11.3 Å². The lowest BCUT2D eigenvalue weighted by atomic mass is 9.72. The van der Waals surface area contributed by atoms with E-state index in [9.17, 15) is 9.90 Å². The van der Waals surface area contributed by atoms with E-state index in [1.54, 1.807) is 0 Å². The van der Waals surface area contributed by atoms with E-state index in [0.29, 0.717) is 26.3 Å². The third kappa shape index (κ3) is 3.71. The van der Waals surface area contributed by atoms with Gasteiger partial charge in [-0.15, -0.1) is 0 Å². The molecule has 1 aromatic carbocycles. The lowest BCUT2D eigenvalue weighted by Gasteiger charge is -2.36. The second-order valence-electron chi connectivity index (χ2n) is 6.75. The minimum Gasteiger partial charge on any atom is -0.491 e. The van der Waals surface area contributed by atoms with Crippen molar-refractivity contribution in [3.63, 3.8) is 0 Å². The fourth-order valence-corrected chi connectivity index (χ4v) is 3.97. The van der Waals surface area contributed by atoms with Crippen LogP contribution >= 0.6 is 0 Å². The molecule has 2 N–H and O–H groups in total. The van der Waals surface area contributed by atoms with Crippen molar-refractivity contribution in [3.05, 3.63) is 29.8 Å². The molecule has 1 unspecified atom stereocenters. The van der Waals surface area contributed by atoms with Crippen LogP contribution in [-0.2, 0) is 16.1 Å². The molecule has 6 heteroatoms. The highest BCUT2D eigenvalue weighted by Gasteiger charge is 2.50. The number of hydrogen-bond donors (Lipinski definition) is 2. The summed E-state index contributed by atoms with van der Waals surface area (Å²) in [6.07, 6.45) is 1.64. The average molecular weight is 335 g/mol. The Bertz CT molecular complexity index is 570. The predicted octanol–water partition coefficient (Wildman–Crippen LogP) is 1.37. The standard InChI is InChI=1S/C18H25NO5/c20-6-9-24-15-3-1-2-14(10-15)11-19-12-16(17(21)22)18(13-19)4-7-23-8-5-18/h1-3,10,16,20H,4-9,11-13H2,(H,21,22). The van der Waals surface area contributed by atoms with Crippen molar-refractivity contribution in [1.29, 1.82) is 0 Å². The number of benzene rings is 1. The van der Waals surface area contributed by atoms with Gasteiger partial charge in [-0.25, -0.2) is 0 Å². The van der Waals surface area contributed by atoms with Gasteiger partial charge in [-0.2, -0.15) is 0 Å². The number of carboxylic acids is 1. The molecule has 0 bridgehead atoms. The number of nitrogens with zero attached hydrogens (tertiary/aromatic N) is 1. The fourth-order valence-electron chi connectivity index (χ4n) is 3.97. The summed E-state index contributed by atoms with van der Waals surface area (Å²) in [7, 11) is 0. The second kappa shape index (κ2) is 7.51. The first-order valence-electron chi connectivity index (χ1n) is 8.48. The Morgan fingerprint density at radius 2 is 2.17 bits per heavy atom. The number of aliphatic hydroxyl groups is 1. The summed E-state index contributed by atoms with van der Waals surface area (Å²) < 4.78 is 10.9. The van der Waals surface area contributed by atoms with Crippen LogP contribution in [0.2, 0.25) is 0 Å². The van der Waals surface area contributed by atoms with Crippen LogP contribution in [0.25, 0.3) is 0 Å². The van der Waals surface area contributed by atoms with Gasteiger partial charge in [0.1, 0.15) is 12.4 Å². The smallest absolute Gasteiger partial charge is 0.308 e. The number of aliphatic carboxylic acids is 1. The van der Waals surface area contributed by atoms with E-state index in [1.807, 2.05) is 24.3 Å². The summed E-state index contributed by atoms with van der Waals surface area (Å²) in [6, 6.07) is 7.77. The number of hydrogen-bond acceptors (Lipinski definition) is 5. The van der Waals surface area contributed by atoms with Crippen molar-refractivity contribution in [2.75, 3.05) is 39.5 Å². The molecule has 0 amide bonds. The Morgan fingerprint density at radius 1 is 1.38 bits per heavy atom. The molecule has 2 aliphatic rings. The molecule has 0 aromatic heterocycles. The van der Waals surface area contributed by atoms with E-state index in [0.717, 1.165) is 30.7 Å². The van der Waals surface area contributed by atoms with Crippen molar-refractivity contribution in [1.82, 2.24) is 4.90 Å². The van der Waals surface area contributed by atoms with E-state index >= 15 is 0 Å². The highest BCUT2D eigenvalue weighted by Crippen LogP contribution is 2.44. The van der Waals surface area contributed by atoms with Crippen LogP contribution in [-0.4, -0.2) is 60.6 Å². The number of aliphatic hydroxyl groups excluding tert-OH is 1. The van der Waals surface area contributed by atoms with Crippen LogP contribution in [0.3, 0.4) is 0 Å². The van der Waals surface area contributed by atoms with E-state index in [2.05, 4.69) is 4.90 Å². The molecule has 0 aliphatic carbocycles. The largest absolute Gasteiger partial charge is 0.491 e. The predicted molar refractivity (Wildman–Crippen MR) is 87.9 cm³/mol. The first-order chi connectivity index (χ1) is 11.6. The van der Waals surface area contributed by atoms with Crippen molar-refractivity contribution in [3.8, 4) is 5.75 Å². The quantitative estimate of drug-likeness (QED) is 0.817. The topological polar surface area (TPSA) is 79.2 Å². The highest BCUT2D eigenvalue weighted by molar-refractivity contribution is 5.72. The highest BCUT2D eigenvalue weighted by atomic mass is 16.5. The van der Waals surface area contributed by atoms with Gasteiger partial charge in [0, 0.05) is 38.3 Å². The third-order valence-electron chi connectivity index (χ3n) is 5.17. The van der Waals surface area contributed by atoms with Crippen LogP contribution < -0.4 is 4.74 Å². The molecule has 3 rings (SSSR count). The van der Waals surface area contributed by atoms with Crippen molar-refractivity contribution >= 4 is 5.97 Å². The zero-order valence-electron chi connectivity index (χ0n) is 13.8. The minimum atomic E-state index is -0.695. The molecule has 1 aromatic rings. The van der Waals surface area contributed by atoms with Crippen molar-refractivity contribution in [2.45, 2.75) is 19.4 Å². The summed E-state index contributed by atoms with van der Waals surface area (Å²) in [5, 5.41) is 18.5. The summed E-state index contributed by atoms with van der Waals surface area (Å²) in [6.45, 7) is 3.66. The molecule has 24 heavy (non-hydrogen) atoms. The number of carbonyl (C=O) groups is 1. The van der Waals surface area contributed by atoms with Crippen LogP contribution in [0.4, 0.5) is 0 Å². The van der Waals surface area contributed by atoms with E-state index < -0.39 is 5.97 Å². The van der Waals surface area contributed by atoms with Gasteiger partial charge in [-0.3, -0.25) is 9.69 Å². The molecule has 1 atom stereocenters. The van der Waals surface area contributed by atoms with Gasteiger partial charge in [0.2, 0.25) is 0 Å². The molecule has 0 radical (unpaired) electrons. The van der Waals surface area contributed by atoms with Crippen LogP contribution in [0.15, 0.2) is 24.3 Å². The molecule has 6 nitrogen and oxygen atoms in total. The lowest BCUT2D eigenvalue weighted by Crippen LogP contribution is -2.40. The Labute approximate surface area is 142 Å². The molecule has 2 saturated heterocycles. The molecule has 132 valence electrons. The maximum absolute atomic E-state index is 11.7. The summed E-state index contributed by atoms with van der Waals surface area (Å²) in [5.74, 6) is -0.286. The monoisotopic (exact) mass is 335 g/mol. The van der Waals surface area contributed by atoms with Gasteiger partial charge in [0.15, 0.2) is 0 Å². The molecule has 2 fully saturated rings. The van der Waals surface area contributed by atoms with Crippen LogP contribution in [0, 0.1) is 11.3 Å². The van der Waals surface area contributed by atoms with Gasteiger partial charge in [-0.05, 0) is 30.5 Å². The first kappa shape index (κ1) is 17.2. The van der Waals surface area contributed by atoms with E-state index in [1.165, 1.54) is 0 Å². The van der Waals surface area contributed by atoms with Gasteiger partial charge in [-0.1, -0.05) is 12.1 Å². The summed E-state index contributed by atoms with van der Waals surface area (Å²) >= 11 is 0. The Kier molecular flexibility index (Phi) is 5.38. The number of rotatable bonds is 6. The number of likely N-dealkylation sites (tertiary alicyclic amines) is 1. The lowest BCUT2D eigenvalue weighted by molar-refractivity contribution is -0.147. The fraction of sp³-hybridized carbons (Fsp3) is 0.611. The Balaban J connectivity index is 1.68. The summed E-state index contributed by atoms with van der Waals surface area (Å²) in [4.78, 5) is 14.0. The summed E-state index contributed by atoms with van der Waals surface area (Å²) in [5.41, 5.74) is 0.938. The molecular weight excluding hydrogens is 310 g/mol. The van der Waals surface area contributed by atoms with Gasteiger partial charge < -0.3 is 19.7 Å². The molecular formula is C18H25NO5. The first-order valence-corrected chi connectivity index (χ1v) is 8.48. The van der Waals surface area contributed by atoms with E-state index in [4.69, 9.17) is 14.6 Å². The normalized spacial score (nSPS) is 23.5. The third-order valence-corrected chi connectivity index (χ3v) is 5.17. The molecule has 2 aliphatic heterocycles. The average Bonchev–Trinajstić information content (AvgIpc) is 2.91. The SMILES string of the molecule is O=C(O)C1CN(Cc2cccc(OCCO)c2)CC12CCOCC2. The maximum atomic E-state index is 11.7. The second-order valence-corrected chi connectivity index (χ2v) is 6.75. The van der Waals surface area contributed by atoms with Gasteiger partial charge in [0.05, 0.1) is 12.5 Å². The minimum absolute atomic E-state index is 0.0127.